The standard InChI is InChI=1S/C15H21NO2/c1-11(2)18-14-8-6-5-7-13(14)16-10-12(17)9-15(16,3)4/h5-8,11H,9-10H2,1-4H3. The molecule has 1 aliphatic heterocycles. The maximum absolute atomic E-state index is 11.7. The molecule has 0 bridgehead atoms. The van der Waals surface area contributed by atoms with E-state index in [4.69, 9.17) is 4.74 Å². The number of hydrogen-bond acceptors (Lipinski definition) is 3. The van der Waals surface area contributed by atoms with Crippen molar-refractivity contribution in [3.8, 4) is 5.75 Å². The Morgan fingerprint density at radius 2 is 1.94 bits per heavy atom. The van der Waals surface area contributed by atoms with Gasteiger partial charge in [-0.25, -0.2) is 0 Å². The van der Waals surface area contributed by atoms with Crippen LogP contribution in [0.3, 0.4) is 0 Å². The van der Waals surface area contributed by atoms with Crippen LogP contribution in [-0.2, 0) is 4.79 Å². The minimum Gasteiger partial charge on any atom is -0.489 e. The van der Waals surface area contributed by atoms with E-state index in [9.17, 15) is 4.79 Å². The summed E-state index contributed by atoms with van der Waals surface area (Å²) in [7, 11) is 0. The van der Waals surface area contributed by atoms with Gasteiger partial charge in [-0.15, -0.1) is 0 Å². The summed E-state index contributed by atoms with van der Waals surface area (Å²) in [6.07, 6.45) is 0.732. The zero-order valence-corrected chi connectivity index (χ0v) is 11.6. The van der Waals surface area contributed by atoms with Crippen LogP contribution in [0.2, 0.25) is 0 Å². The summed E-state index contributed by atoms with van der Waals surface area (Å²) in [5.41, 5.74) is 0.884. The Labute approximate surface area is 109 Å². The van der Waals surface area contributed by atoms with Crippen molar-refractivity contribution in [2.45, 2.75) is 45.8 Å². The minimum absolute atomic E-state index is 0.131. The molecule has 2 rings (SSSR count). The minimum atomic E-state index is -0.131. The molecule has 1 heterocycles. The lowest BCUT2D eigenvalue weighted by molar-refractivity contribution is -0.116. The largest absolute Gasteiger partial charge is 0.489 e. The van der Waals surface area contributed by atoms with E-state index in [-0.39, 0.29) is 11.6 Å². The normalized spacial score (nSPS) is 18.5. The number of rotatable bonds is 3. The van der Waals surface area contributed by atoms with Crippen LogP contribution in [0.1, 0.15) is 34.1 Å². The second kappa shape index (κ2) is 4.63. The van der Waals surface area contributed by atoms with Crippen LogP contribution in [0, 0.1) is 0 Å². The average molecular weight is 247 g/mol. The van der Waals surface area contributed by atoms with E-state index in [1.165, 1.54) is 0 Å². The first kappa shape index (κ1) is 12.9. The molecule has 0 unspecified atom stereocenters. The lowest BCUT2D eigenvalue weighted by atomic mass is 10.0. The Morgan fingerprint density at radius 3 is 2.50 bits per heavy atom. The molecule has 0 saturated carbocycles. The molecule has 0 N–H and O–H groups in total. The van der Waals surface area contributed by atoms with E-state index in [0.29, 0.717) is 18.7 Å². The van der Waals surface area contributed by atoms with Gasteiger partial charge in [-0.05, 0) is 39.8 Å². The van der Waals surface area contributed by atoms with Crippen molar-refractivity contribution in [1.82, 2.24) is 0 Å². The van der Waals surface area contributed by atoms with Crippen molar-refractivity contribution in [3.05, 3.63) is 24.3 Å². The number of anilines is 1. The molecule has 0 amide bonds. The lowest BCUT2D eigenvalue weighted by Gasteiger charge is -2.34. The van der Waals surface area contributed by atoms with Crippen molar-refractivity contribution < 1.29 is 9.53 Å². The molecule has 18 heavy (non-hydrogen) atoms. The number of hydrogen-bond donors (Lipinski definition) is 0. The van der Waals surface area contributed by atoms with E-state index in [2.05, 4.69) is 18.7 Å². The second-order valence-electron chi connectivity index (χ2n) is 5.75. The highest BCUT2D eigenvalue weighted by Gasteiger charge is 2.38. The first-order valence-corrected chi connectivity index (χ1v) is 6.45. The second-order valence-corrected chi connectivity index (χ2v) is 5.75. The molecule has 98 valence electrons. The zero-order chi connectivity index (χ0) is 13.3. The van der Waals surface area contributed by atoms with Gasteiger partial charge in [0.05, 0.1) is 18.3 Å². The first-order valence-electron chi connectivity index (χ1n) is 6.45. The summed E-state index contributed by atoms with van der Waals surface area (Å²) in [6, 6.07) is 7.94. The van der Waals surface area contributed by atoms with E-state index >= 15 is 0 Å². The quantitative estimate of drug-likeness (QED) is 0.822. The van der Waals surface area contributed by atoms with Crippen LogP contribution < -0.4 is 9.64 Å². The van der Waals surface area contributed by atoms with Gasteiger partial charge in [-0.2, -0.15) is 0 Å². The number of carbonyl (C=O) groups excluding carboxylic acids is 1. The molecular formula is C15H21NO2. The maximum Gasteiger partial charge on any atom is 0.154 e. The van der Waals surface area contributed by atoms with Crippen molar-refractivity contribution in [1.29, 1.82) is 0 Å². The fraction of sp³-hybridized carbons (Fsp3) is 0.533. The number of Topliss-reactive ketones (excluding diaryl/α,β-unsaturated/α-hetero) is 1. The van der Waals surface area contributed by atoms with Crippen molar-refractivity contribution >= 4 is 11.5 Å². The highest BCUT2D eigenvalue weighted by molar-refractivity contribution is 5.89. The molecular weight excluding hydrogens is 226 g/mol. The lowest BCUT2D eigenvalue weighted by Crippen LogP contribution is -2.38. The van der Waals surface area contributed by atoms with Crippen molar-refractivity contribution in [2.24, 2.45) is 0 Å². The molecule has 3 heteroatoms. The number of nitrogens with zero attached hydrogens (tertiary/aromatic N) is 1. The molecule has 0 aromatic heterocycles. The molecule has 1 saturated heterocycles. The van der Waals surface area contributed by atoms with Gasteiger partial charge in [-0.3, -0.25) is 4.79 Å². The fourth-order valence-corrected chi connectivity index (χ4v) is 2.47. The number of para-hydroxylation sites is 2. The summed E-state index contributed by atoms with van der Waals surface area (Å²) in [5, 5.41) is 0. The zero-order valence-electron chi connectivity index (χ0n) is 11.6. The molecule has 0 aliphatic carbocycles. The van der Waals surface area contributed by atoms with Gasteiger partial charge in [0.2, 0.25) is 0 Å². The molecule has 0 spiro atoms. The van der Waals surface area contributed by atoms with Gasteiger partial charge >= 0.3 is 0 Å². The van der Waals surface area contributed by atoms with Gasteiger partial charge in [0, 0.05) is 12.0 Å². The molecule has 1 aromatic rings. The van der Waals surface area contributed by atoms with Crippen LogP contribution >= 0.6 is 0 Å². The third-order valence-electron chi connectivity index (χ3n) is 3.21. The summed E-state index contributed by atoms with van der Waals surface area (Å²) >= 11 is 0. The average Bonchev–Trinajstić information content (AvgIpc) is 2.52. The van der Waals surface area contributed by atoms with Gasteiger partial charge < -0.3 is 9.64 Å². The van der Waals surface area contributed by atoms with E-state index in [1.54, 1.807) is 0 Å². The topological polar surface area (TPSA) is 29.5 Å². The number of benzene rings is 1. The number of ether oxygens (including phenoxy) is 1. The van der Waals surface area contributed by atoms with E-state index < -0.39 is 0 Å². The van der Waals surface area contributed by atoms with Crippen LogP contribution in [0.5, 0.6) is 5.75 Å². The highest BCUT2D eigenvalue weighted by Crippen LogP contribution is 2.37. The number of ketones is 1. The first-order chi connectivity index (χ1) is 8.40. The summed E-state index contributed by atoms with van der Waals surface area (Å²) in [6.45, 7) is 8.70. The number of carbonyl (C=O) groups is 1. The van der Waals surface area contributed by atoms with Crippen LogP contribution in [0.4, 0.5) is 5.69 Å². The highest BCUT2D eigenvalue weighted by atomic mass is 16.5. The Morgan fingerprint density at radius 1 is 1.28 bits per heavy atom. The SMILES string of the molecule is CC(C)Oc1ccccc1N1CC(=O)CC1(C)C. The molecule has 0 atom stereocenters. The fourth-order valence-electron chi connectivity index (χ4n) is 2.47. The summed E-state index contributed by atoms with van der Waals surface area (Å²) < 4.78 is 5.83. The van der Waals surface area contributed by atoms with Crippen LogP contribution in [0.25, 0.3) is 0 Å². The van der Waals surface area contributed by atoms with Crippen LogP contribution in [0.15, 0.2) is 24.3 Å². The molecule has 1 fully saturated rings. The van der Waals surface area contributed by atoms with Crippen molar-refractivity contribution in [3.63, 3.8) is 0 Å². The van der Waals surface area contributed by atoms with Gasteiger partial charge in [0.25, 0.3) is 0 Å². The van der Waals surface area contributed by atoms with E-state index in [0.717, 1.165) is 11.4 Å². The van der Waals surface area contributed by atoms with Gasteiger partial charge in [0.1, 0.15) is 5.75 Å². The Bertz CT molecular complexity index is 452. The third kappa shape index (κ3) is 2.50. The summed E-state index contributed by atoms with van der Waals surface area (Å²) in [5.74, 6) is 1.15. The molecule has 3 nitrogen and oxygen atoms in total. The van der Waals surface area contributed by atoms with E-state index in [1.807, 2.05) is 38.1 Å². The molecule has 0 radical (unpaired) electrons. The Hall–Kier alpha value is -1.51. The molecule has 1 aliphatic rings. The smallest absolute Gasteiger partial charge is 0.154 e. The monoisotopic (exact) mass is 247 g/mol. The predicted octanol–water partition coefficient (Wildman–Crippen LogP) is 3.03. The third-order valence-corrected chi connectivity index (χ3v) is 3.21. The Balaban J connectivity index is 2.36. The molecule has 1 aromatic carbocycles. The van der Waals surface area contributed by atoms with Crippen LogP contribution in [-0.4, -0.2) is 24.0 Å². The summed E-state index contributed by atoms with van der Waals surface area (Å²) in [4.78, 5) is 13.8. The van der Waals surface area contributed by atoms with Crippen molar-refractivity contribution in [2.75, 3.05) is 11.4 Å². The van der Waals surface area contributed by atoms with Gasteiger partial charge in [-0.1, -0.05) is 12.1 Å². The Kier molecular flexibility index (Phi) is 3.33. The predicted molar refractivity (Wildman–Crippen MR) is 73.3 cm³/mol. The maximum atomic E-state index is 11.7. The van der Waals surface area contributed by atoms with Gasteiger partial charge in [0.15, 0.2) is 5.78 Å².